The molecule has 2 N–H and O–H groups in total. The summed E-state index contributed by atoms with van der Waals surface area (Å²) < 4.78 is 14.2. The van der Waals surface area contributed by atoms with Gasteiger partial charge in [0, 0.05) is 11.6 Å². The van der Waals surface area contributed by atoms with Gasteiger partial charge in [-0.1, -0.05) is 40.8 Å². The zero-order chi connectivity index (χ0) is 18.5. The van der Waals surface area contributed by atoms with E-state index in [4.69, 9.17) is 11.6 Å². The van der Waals surface area contributed by atoms with Gasteiger partial charge in [-0.25, -0.2) is 9.37 Å². The van der Waals surface area contributed by atoms with Gasteiger partial charge in [0.1, 0.15) is 5.82 Å². The summed E-state index contributed by atoms with van der Waals surface area (Å²) in [5.74, 6) is -1.57. The third kappa shape index (κ3) is 4.75. The summed E-state index contributed by atoms with van der Waals surface area (Å²) in [4.78, 5) is 27.9. The van der Waals surface area contributed by atoms with Crippen LogP contribution in [-0.4, -0.2) is 32.7 Å². The average molecular weight is 430 g/mol. The van der Waals surface area contributed by atoms with E-state index in [0.717, 1.165) is 29.2 Å². The molecule has 0 unspecified atom stereocenters. The lowest BCUT2D eigenvalue weighted by molar-refractivity contribution is -0.113. The van der Waals surface area contributed by atoms with Crippen LogP contribution in [0.1, 0.15) is 10.4 Å². The van der Waals surface area contributed by atoms with Gasteiger partial charge < -0.3 is 5.32 Å². The smallest absolute Gasteiger partial charge is 0.261 e. The van der Waals surface area contributed by atoms with Crippen LogP contribution in [0.3, 0.4) is 0 Å². The summed E-state index contributed by atoms with van der Waals surface area (Å²) in [5, 5.41) is 15.2. The number of thiazole rings is 1. The van der Waals surface area contributed by atoms with E-state index < -0.39 is 11.7 Å². The van der Waals surface area contributed by atoms with Crippen molar-refractivity contribution in [2.75, 3.05) is 16.4 Å². The summed E-state index contributed by atoms with van der Waals surface area (Å²) >= 11 is 9.40. The van der Waals surface area contributed by atoms with Crippen molar-refractivity contribution in [2.24, 2.45) is 0 Å². The summed E-state index contributed by atoms with van der Waals surface area (Å²) in [6.45, 7) is 0. The number of halogens is 2. The van der Waals surface area contributed by atoms with Crippen LogP contribution in [0.5, 0.6) is 0 Å². The molecule has 12 heteroatoms. The maximum Gasteiger partial charge on any atom is 0.261 e. The minimum Gasteiger partial charge on any atom is -0.301 e. The van der Waals surface area contributed by atoms with Crippen LogP contribution in [0.15, 0.2) is 34.1 Å². The van der Waals surface area contributed by atoms with Gasteiger partial charge in [-0.05, 0) is 12.1 Å². The number of thioether (sulfide) groups is 1. The Morgan fingerprint density at radius 3 is 2.81 bits per heavy atom. The number of aromatic nitrogens is 3. The molecule has 0 saturated carbocycles. The first-order chi connectivity index (χ1) is 12.5. The molecule has 0 aliphatic heterocycles. The average Bonchev–Trinajstić information content (AvgIpc) is 3.25. The molecule has 2 heterocycles. The minimum atomic E-state index is -0.729. The Morgan fingerprint density at radius 1 is 1.23 bits per heavy atom. The number of benzene rings is 1. The predicted octanol–water partition coefficient (Wildman–Crippen LogP) is 3.77. The number of amides is 2. The molecule has 0 fully saturated rings. The van der Waals surface area contributed by atoms with Crippen molar-refractivity contribution in [3.63, 3.8) is 0 Å². The molecular formula is C14H9ClFN5O2S3. The fourth-order valence-corrected chi connectivity index (χ4v) is 4.10. The molecule has 26 heavy (non-hydrogen) atoms. The second-order valence-corrected chi connectivity index (χ2v) is 8.10. The quantitative estimate of drug-likeness (QED) is 0.457. The van der Waals surface area contributed by atoms with Crippen LogP contribution in [0.25, 0.3) is 0 Å². The summed E-state index contributed by atoms with van der Waals surface area (Å²) in [6, 6.07) is 3.97. The number of hydrogen-bond donors (Lipinski definition) is 2. The van der Waals surface area contributed by atoms with Crippen molar-refractivity contribution in [3.8, 4) is 0 Å². The number of anilines is 2. The molecule has 0 saturated heterocycles. The van der Waals surface area contributed by atoms with E-state index in [9.17, 15) is 14.0 Å². The van der Waals surface area contributed by atoms with Crippen molar-refractivity contribution < 1.29 is 14.0 Å². The summed E-state index contributed by atoms with van der Waals surface area (Å²) in [7, 11) is 0. The maximum absolute atomic E-state index is 13.7. The van der Waals surface area contributed by atoms with Crippen molar-refractivity contribution in [1.29, 1.82) is 0 Å². The van der Waals surface area contributed by atoms with Gasteiger partial charge in [0.25, 0.3) is 5.91 Å². The highest BCUT2D eigenvalue weighted by atomic mass is 35.5. The molecule has 2 amide bonds. The highest BCUT2D eigenvalue weighted by molar-refractivity contribution is 8.01. The van der Waals surface area contributed by atoms with E-state index in [-0.39, 0.29) is 27.4 Å². The Kier molecular flexibility index (Phi) is 6.14. The Labute approximate surface area is 164 Å². The molecule has 3 aromatic rings. The lowest BCUT2D eigenvalue weighted by Gasteiger charge is -2.04. The molecule has 0 aliphatic rings. The first kappa shape index (κ1) is 18.7. The van der Waals surface area contributed by atoms with Gasteiger partial charge in [-0.15, -0.1) is 21.5 Å². The molecule has 0 aliphatic carbocycles. The van der Waals surface area contributed by atoms with E-state index in [2.05, 4.69) is 25.8 Å². The third-order valence-corrected chi connectivity index (χ3v) is 5.80. The van der Waals surface area contributed by atoms with Crippen LogP contribution < -0.4 is 10.6 Å². The summed E-state index contributed by atoms with van der Waals surface area (Å²) in [5.41, 5.74) is -0.263. The normalized spacial score (nSPS) is 10.5. The van der Waals surface area contributed by atoms with E-state index in [0.29, 0.717) is 9.47 Å². The first-order valence-electron chi connectivity index (χ1n) is 6.94. The van der Waals surface area contributed by atoms with E-state index >= 15 is 0 Å². The van der Waals surface area contributed by atoms with Crippen molar-refractivity contribution >= 4 is 68.1 Å². The summed E-state index contributed by atoms with van der Waals surface area (Å²) in [6.07, 6.45) is 1.59. The molecule has 7 nitrogen and oxygen atoms in total. The molecular weight excluding hydrogens is 421 g/mol. The molecule has 0 radical (unpaired) electrons. The largest absolute Gasteiger partial charge is 0.301 e. The zero-order valence-electron chi connectivity index (χ0n) is 12.7. The van der Waals surface area contributed by atoms with Crippen LogP contribution in [0.2, 0.25) is 5.02 Å². The molecule has 0 bridgehead atoms. The van der Waals surface area contributed by atoms with Gasteiger partial charge in [-0.2, -0.15) is 0 Å². The highest BCUT2D eigenvalue weighted by Crippen LogP contribution is 2.27. The van der Waals surface area contributed by atoms with Gasteiger partial charge in [0.15, 0.2) is 9.47 Å². The van der Waals surface area contributed by atoms with Gasteiger partial charge in [0.2, 0.25) is 11.0 Å². The standard InChI is InChI=1S/C14H9ClFN5O2S3/c15-7-2-1-3-8(16)10(7)11(23)19-13-20-21-14(26-13)25-6-9(22)18-12-17-4-5-24-12/h1-5H,6H2,(H,17,18,22)(H,19,20,23). The minimum absolute atomic E-state index is 0.000436. The maximum atomic E-state index is 13.7. The Balaban J connectivity index is 1.56. The lowest BCUT2D eigenvalue weighted by Crippen LogP contribution is -2.14. The van der Waals surface area contributed by atoms with Crippen LogP contribution in [0.4, 0.5) is 14.7 Å². The van der Waals surface area contributed by atoms with Crippen LogP contribution >= 0.6 is 46.0 Å². The fraction of sp³-hybridized carbons (Fsp3) is 0.0714. The second-order valence-electron chi connectivity index (χ2n) is 4.60. The van der Waals surface area contributed by atoms with E-state index in [1.807, 2.05) is 0 Å². The Hall–Kier alpha value is -2.08. The number of carbonyl (C=O) groups is 2. The number of rotatable bonds is 6. The number of nitrogens with zero attached hydrogens (tertiary/aromatic N) is 3. The van der Waals surface area contributed by atoms with E-state index in [1.165, 1.54) is 23.5 Å². The molecule has 1 aromatic carbocycles. The molecule has 2 aromatic heterocycles. The lowest BCUT2D eigenvalue weighted by atomic mass is 10.2. The highest BCUT2D eigenvalue weighted by Gasteiger charge is 2.18. The van der Waals surface area contributed by atoms with Crippen molar-refractivity contribution in [2.45, 2.75) is 4.34 Å². The van der Waals surface area contributed by atoms with Crippen molar-refractivity contribution in [1.82, 2.24) is 15.2 Å². The first-order valence-corrected chi connectivity index (χ1v) is 10.00. The molecule has 3 rings (SSSR count). The van der Waals surface area contributed by atoms with Gasteiger partial charge in [-0.3, -0.25) is 14.9 Å². The van der Waals surface area contributed by atoms with E-state index in [1.54, 1.807) is 11.6 Å². The molecule has 0 atom stereocenters. The third-order valence-electron chi connectivity index (χ3n) is 2.82. The Bertz CT molecular complexity index is 914. The topological polar surface area (TPSA) is 96.9 Å². The molecule has 0 spiro atoms. The predicted molar refractivity (Wildman–Crippen MR) is 101 cm³/mol. The second kappa shape index (κ2) is 8.54. The Morgan fingerprint density at radius 2 is 2.08 bits per heavy atom. The zero-order valence-corrected chi connectivity index (χ0v) is 15.9. The van der Waals surface area contributed by atoms with Crippen LogP contribution in [-0.2, 0) is 4.79 Å². The fourth-order valence-electron chi connectivity index (χ4n) is 1.76. The SMILES string of the molecule is O=C(CSc1nnc(NC(=O)c2c(F)cccc2Cl)s1)Nc1nccs1. The van der Waals surface area contributed by atoms with Crippen molar-refractivity contribution in [3.05, 3.63) is 46.2 Å². The van der Waals surface area contributed by atoms with Crippen LogP contribution in [0, 0.1) is 5.82 Å². The number of nitrogens with one attached hydrogen (secondary N) is 2. The molecule has 134 valence electrons. The monoisotopic (exact) mass is 429 g/mol. The van der Waals surface area contributed by atoms with Gasteiger partial charge >= 0.3 is 0 Å². The number of hydrogen-bond acceptors (Lipinski definition) is 8. The van der Waals surface area contributed by atoms with Gasteiger partial charge in [0.05, 0.1) is 16.3 Å². The number of carbonyl (C=O) groups excluding carboxylic acids is 2.